The third-order valence-electron chi connectivity index (χ3n) is 6.64. The standard InChI is InChI=1S/C27H36BrNO9/c1-17(2)21-16-37-26(33)29(21)25(32)18(3)24-22(31)12-23(28)27(34,38-24)10-7-11-35-15-20(13-30)36-14-19-8-5-4-6-9-19/h4-6,8-9,12,17-18,20-21,24,30,34H,7,10-11,13-16H2,1-3H3/t18-,20-,21+,24+,27+/m1/s1. The lowest BCUT2D eigenvalue weighted by molar-refractivity contribution is -0.218. The minimum Gasteiger partial charge on any atom is -0.447 e. The number of hydrogen-bond donors (Lipinski definition) is 2. The van der Waals surface area contributed by atoms with E-state index in [4.69, 9.17) is 18.9 Å². The van der Waals surface area contributed by atoms with E-state index in [-0.39, 0.29) is 43.2 Å². The fraction of sp³-hybridized carbons (Fsp3) is 0.593. The lowest BCUT2D eigenvalue weighted by Gasteiger charge is -2.38. The monoisotopic (exact) mass is 597 g/mol. The fourth-order valence-corrected chi connectivity index (χ4v) is 4.79. The van der Waals surface area contributed by atoms with Crippen LogP contribution in [-0.4, -0.2) is 83.4 Å². The first-order valence-electron chi connectivity index (χ1n) is 12.7. The van der Waals surface area contributed by atoms with Gasteiger partial charge in [0, 0.05) is 13.0 Å². The first kappa shape index (κ1) is 30.4. The zero-order valence-electron chi connectivity index (χ0n) is 21.9. The lowest BCUT2D eigenvalue weighted by atomic mass is 9.93. The van der Waals surface area contributed by atoms with E-state index in [2.05, 4.69) is 15.9 Å². The van der Waals surface area contributed by atoms with Crippen LogP contribution in [-0.2, 0) is 35.1 Å². The first-order chi connectivity index (χ1) is 18.1. The van der Waals surface area contributed by atoms with E-state index in [1.54, 1.807) is 0 Å². The molecule has 2 N–H and O–H groups in total. The molecule has 11 heteroatoms. The van der Waals surface area contributed by atoms with Crippen LogP contribution in [0.25, 0.3) is 0 Å². The number of nitrogens with zero attached hydrogens (tertiary/aromatic N) is 1. The molecule has 0 bridgehead atoms. The van der Waals surface area contributed by atoms with Gasteiger partial charge < -0.3 is 29.2 Å². The minimum atomic E-state index is -1.85. The molecular formula is C27H36BrNO9. The Balaban J connectivity index is 1.51. The SMILES string of the molecule is CC(C)[C@@H]1COC(=O)N1C(=O)[C@H](C)[C@@H]1O[C@@](O)(CCCOC[C@@H](CO)OCc2ccccc2)C(Br)=CC1=O. The average Bonchev–Trinajstić information content (AvgIpc) is 3.29. The zero-order valence-corrected chi connectivity index (χ0v) is 23.5. The molecule has 1 saturated heterocycles. The summed E-state index contributed by atoms with van der Waals surface area (Å²) in [5, 5.41) is 20.7. The number of ketones is 1. The van der Waals surface area contributed by atoms with Crippen LogP contribution in [0.2, 0.25) is 0 Å². The Morgan fingerprint density at radius 1 is 1.24 bits per heavy atom. The van der Waals surface area contributed by atoms with Crippen molar-refractivity contribution in [1.82, 2.24) is 4.90 Å². The van der Waals surface area contributed by atoms with E-state index >= 15 is 0 Å². The van der Waals surface area contributed by atoms with Crippen molar-refractivity contribution in [3.05, 3.63) is 46.5 Å². The van der Waals surface area contributed by atoms with Crippen molar-refractivity contribution in [2.45, 2.75) is 64.3 Å². The molecule has 38 heavy (non-hydrogen) atoms. The molecule has 0 spiro atoms. The fourth-order valence-electron chi connectivity index (χ4n) is 4.27. The van der Waals surface area contributed by atoms with Crippen molar-refractivity contribution < 1.29 is 43.5 Å². The van der Waals surface area contributed by atoms with Crippen LogP contribution in [0.1, 0.15) is 39.2 Å². The number of cyclic esters (lactones) is 1. The summed E-state index contributed by atoms with van der Waals surface area (Å²) in [6.07, 6.45) is -0.892. The number of rotatable bonds is 13. The van der Waals surface area contributed by atoms with Crippen LogP contribution in [0.4, 0.5) is 4.79 Å². The Bertz CT molecular complexity index is 1000. The molecule has 3 rings (SSSR count). The third-order valence-corrected chi connectivity index (χ3v) is 7.49. The highest BCUT2D eigenvalue weighted by Gasteiger charge is 2.48. The van der Waals surface area contributed by atoms with Crippen LogP contribution < -0.4 is 0 Å². The number of benzene rings is 1. The molecule has 0 unspecified atom stereocenters. The Morgan fingerprint density at radius 2 is 1.95 bits per heavy atom. The van der Waals surface area contributed by atoms with Crippen molar-refractivity contribution >= 4 is 33.7 Å². The maximum atomic E-state index is 13.2. The van der Waals surface area contributed by atoms with Gasteiger partial charge in [0.1, 0.15) is 18.8 Å². The normalized spacial score (nSPS) is 25.3. The molecule has 0 aromatic heterocycles. The maximum absolute atomic E-state index is 13.2. The summed E-state index contributed by atoms with van der Waals surface area (Å²) < 4.78 is 22.3. The maximum Gasteiger partial charge on any atom is 0.416 e. The summed E-state index contributed by atoms with van der Waals surface area (Å²) in [6.45, 7) is 5.88. The number of aliphatic hydroxyl groups is 2. The summed E-state index contributed by atoms with van der Waals surface area (Å²) in [7, 11) is 0. The predicted molar refractivity (Wildman–Crippen MR) is 140 cm³/mol. The largest absolute Gasteiger partial charge is 0.447 e. The van der Waals surface area contributed by atoms with E-state index in [1.807, 2.05) is 44.2 Å². The van der Waals surface area contributed by atoms with Crippen LogP contribution in [0.3, 0.4) is 0 Å². The van der Waals surface area contributed by atoms with Crippen LogP contribution in [0.5, 0.6) is 0 Å². The number of carbonyl (C=O) groups excluding carboxylic acids is 3. The molecule has 210 valence electrons. The number of carbonyl (C=O) groups is 3. The number of imide groups is 1. The van der Waals surface area contributed by atoms with Crippen molar-refractivity contribution in [3.63, 3.8) is 0 Å². The van der Waals surface area contributed by atoms with Gasteiger partial charge in [-0.25, -0.2) is 9.69 Å². The first-order valence-corrected chi connectivity index (χ1v) is 13.5. The van der Waals surface area contributed by atoms with Gasteiger partial charge in [-0.15, -0.1) is 0 Å². The molecule has 1 aromatic rings. The van der Waals surface area contributed by atoms with Gasteiger partial charge >= 0.3 is 6.09 Å². The molecule has 1 aromatic carbocycles. The van der Waals surface area contributed by atoms with Crippen LogP contribution in [0, 0.1) is 11.8 Å². The summed E-state index contributed by atoms with van der Waals surface area (Å²) in [6, 6.07) is 9.15. The van der Waals surface area contributed by atoms with Crippen LogP contribution >= 0.6 is 15.9 Å². The summed E-state index contributed by atoms with van der Waals surface area (Å²) >= 11 is 3.22. The summed E-state index contributed by atoms with van der Waals surface area (Å²) in [5.41, 5.74) is 0.984. The van der Waals surface area contributed by atoms with E-state index in [0.29, 0.717) is 13.0 Å². The number of halogens is 1. The van der Waals surface area contributed by atoms with Gasteiger partial charge in [-0.1, -0.05) is 51.1 Å². The number of amides is 2. The van der Waals surface area contributed by atoms with E-state index in [1.165, 1.54) is 13.0 Å². The summed E-state index contributed by atoms with van der Waals surface area (Å²) in [5.74, 6) is -3.98. The Morgan fingerprint density at radius 3 is 2.61 bits per heavy atom. The third kappa shape index (κ3) is 7.49. The average molecular weight is 598 g/mol. The molecule has 0 saturated carbocycles. The molecule has 2 amide bonds. The van der Waals surface area contributed by atoms with Crippen molar-refractivity contribution in [1.29, 1.82) is 0 Å². The van der Waals surface area contributed by atoms with Gasteiger partial charge in [0.2, 0.25) is 5.91 Å². The second-order valence-corrected chi connectivity index (χ2v) is 10.7. The molecule has 10 nitrogen and oxygen atoms in total. The molecule has 1 fully saturated rings. The Hall–Kier alpha value is -2.15. The van der Waals surface area contributed by atoms with Gasteiger partial charge in [0.15, 0.2) is 11.6 Å². The minimum absolute atomic E-state index is 0.0271. The van der Waals surface area contributed by atoms with Gasteiger partial charge in [0.05, 0.1) is 36.3 Å². The second kappa shape index (κ2) is 13.8. The number of hydrogen-bond acceptors (Lipinski definition) is 9. The summed E-state index contributed by atoms with van der Waals surface area (Å²) in [4.78, 5) is 39.1. The Kier molecular flexibility index (Phi) is 11.0. The smallest absolute Gasteiger partial charge is 0.416 e. The molecule has 2 aliphatic heterocycles. The highest BCUT2D eigenvalue weighted by Crippen LogP contribution is 2.37. The van der Waals surface area contributed by atoms with Gasteiger partial charge in [-0.05, 0) is 39.9 Å². The molecular weight excluding hydrogens is 562 g/mol. The number of aliphatic hydroxyl groups excluding tert-OH is 1. The quantitative estimate of drug-likeness (QED) is 0.329. The van der Waals surface area contributed by atoms with Crippen molar-refractivity contribution in [3.8, 4) is 0 Å². The molecule has 0 radical (unpaired) electrons. The zero-order chi connectivity index (χ0) is 27.9. The molecule has 5 atom stereocenters. The van der Waals surface area contributed by atoms with Crippen molar-refractivity contribution in [2.24, 2.45) is 11.8 Å². The lowest BCUT2D eigenvalue weighted by Crippen LogP contribution is -2.52. The van der Waals surface area contributed by atoms with E-state index in [9.17, 15) is 24.6 Å². The molecule has 2 heterocycles. The highest BCUT2D eigenvalue weighted by molar-refractivity contribution is 9.11. The predicted octanol–water partition coefficient (Wildman–Crippen LogP) is 2.94. The van der Waals surface area contributed by atoms with E-state index < -0.39 is 47.7 Å². The van der Waals surface area contributed by atoms with Crippen molar-refractivity contribution in [2.75, 3.05) is 26.4 Å². The second-order valence-electron chi connectivity index (χ2n) is 9.88. The van der Waals surface area contributed by atoms with Gasteiger partial charge in [0.25, 0.3) is 0 Å². The highest BCUT2D eigenvalue weighted by atomic mass is 79.9. The number of ether oxygens (including phenoxy) is 4. The van der Waals surface area contributed by atoms with Gasteiger partial charge in [-0.3, -0.25) is 9.59 Å². The Labute approximate surface area is 231 Å². The van der Waals surface area contributed by atoms with E-state index in [0.717, 1.165) is 10.5 Å². The van der Waals surface area contributed by atoms with Gasteiger partial charge in [-0.2, -0.15) is 0 Å². The van der Waals surface area contributed by atoms with Crippen LogP contribution in [0.15, 0.2) is 40.9 Å². The molecule has 0 aliphatic carbocycles. The molecule has 2 aliphatic rings. The topological polar surface area (TPSA) is 132 Å².